The third kappa shape index (κ3) is 2.04. The van der Waals surface area contributed by atoms with E-state index in [0.717, 1.165) is 11.3 Å². The van der Waals surface area contributed by atoms with Crippen molar-refractivity contribution in [3.63, 3.8) is 0 Å². The van der Waals surface area contributed by atoms with Gasteiger partial charge < -0.3 is 14.8 Å². The lowest BCUT2D eigenvalue weighted by molar-refractivity contribution is 0.271. The first-order valence-electron chi connectivity index (χ1n) is 4.98. The second-order valence-electron chi connectivity index (χ2n) is 3.39. The molecule has 1 aliphatic rings. The maximum absolute atomic E-state index is 11.9. The number of rotatable bonds is 4. The number of likely N-dealkylation sites (N-methyl/N-ethyl adjacent to an activating group) is 1. The van der Waals surface area contributed by atoms with Gasteiger partial charge in [-0.15, -0.1) is 0 Å². The molecule has 2 rings (SSSR count). The first-order valence-corrected chi connectivity index (χ1v) is 4.98. The highest BCUT2D eigenvalue weighted by atomic mass is 19.1. The van der Waals surface area contributed by atoms with Gasteiger partial charge in [0, 0.05) is 11.6 Å². The Morgan fingerprint density at radius 2 is 2.47 bits per heavy atom. The molecule has 15 heavy (non-hydrogen) atoms. The quantitative estimate of drug-likeness (QED) is 0.822. The zero-order chi connectivity index (χ0) is 10.7. The molecule has 3 nitrogen and oxygen atoms in total. The zero-order valence-electron chi connectivity index (χ0n) is 8.63. The second-order valence-corrected chi connectivity index (χ2v) is 3.39. The molecule has 0 radical (unpaired) electrons. The molecule has 0 spiro atoms. The van der Waals surface area contributed by atoms with Crippen molar-refractivity contribution in [1.82, 2.24) is 5.32 Å². The average molecular weight is 211 g/mol. The molecule has 82 valence electrons. The number of hydrogen-bond acceptors (Lipinski definition) is 3. The van der Waals surface area contributed by atoms with Crippen LogP contribution in [0.2, 0.25) is 0 Å². The maximum atomic E-state index is 11.9. The Morgan fingerprint density at radius 3 is 3.20 bits per heavy atom. The number of ether oxygens (including phenoxy) is 2. The van der Waals surface area contributed by atoms with E-state index in [4.69, 9.17) is 9.47 Å². The molecule has 4 heteroatoms. The lowest BCUT2D eigenvalue weighted by atomic mass is 10.1. The van der Waals surface area contributed by atoms with Gasteiger partial charge in [0.25, 0.3) is 0 Å². The first kappa shape index (κ1) is 10.2. The molecular formula is C11H14FNO2. The molecule has 1 aromatic carbocycles. The Hall–Kier alpha value is -1.29. The molecular weight excluding hydrogens is 197 g/mol. The van der Waals surface area contributed by atoms with Crippen molar-refractivity contribution in [2.45, 2.75) is 6.04 Å². The molecule has 1 atom stereocenters. The van der Waals surface area contributed by atoms with Crippen molar-refractivity contribution in [3.8, 4) is 11.5 Å². The Morgan fingerprint density at radius 1 is 1.60 bits per heavy atom. The fourth-order valence-corrected chi connectivity index (χ4v) is 1.68. The van der Waals surface area contributed by atoms with Crippen LogP contribution in [0.3, 0.4) is 0 Å². The van der Waals surface area contributed by atoms with E-state index < -0.39 is 6.67 Å². The van der Waals surface area contributed by atoms with E-state index in [9.17, 15) is 4.39 Å². The number of hydrogen-bond donors (Lipinski definition) is 1. The van der Waals surface area contributed by atoms with Crippen LogP contribution in [0.4, 0.5) is 4.39 Å². The van der Waals surface area contributed by atoms with Gasteiger partial charge >= 0.3 is 0 Å². The van der Waals surface area contributed by atoms with E-state index in [-0.39, 0.29) is 12.6 Å². The highest BCUT2D eigenvalue weighted by Gasteiger charge is 2.22. The third-order valence-corrected chi connectivity index (χ3v) is 2.46. The Labute approximate surface area is 88.2 Å². The van der Waals surface area contributed by atoms with Crippen LogP contribution < -0.4 is 14.8 Å². The molecule has 1 unspecified atom stereocenters. The van der Waals surface area contributed by atoms with Crippen LogP contribution in [0.15, 0.2) is 18.2 Å². The molecule has 0 saturated heterocycles. The molecule has 1 heterocycles. The predicted molar refractivity (Wildman–Crippen MR) is 55.2 cm³/mol. The summed E-state index contributed by atoms with van der Waals surface area (Å²) in [5.74, 6) is 1.48. The standard InChI is InChI=1S/C11H14FNO2/c1-13-10-7-15-11-6-8(14-5-4-12)2-3-9(10)11/h2-3,6,10,13H,4-5,7H2,1H3. The second kappa shape index (κ2) is 4.49. The summed E-state index contributed by atoms with van der Waals surface area (Å²) in [5.41, 5.74) is 1.13. The summed E-state index contributed by atoms with van der Waals surface area (Å²) in [6, 6.07) is 5.85. The van der Waals surface area contributed by atoms with Gasteiger partial charge in [0.05, 0.1) is 6.04 Å². The predicted octanol–water partition coefficient (Wildman–Crippen LogP) is 1.69. The van der Waals surface area contributed by atoms with Crippen LogP contribution in [0.1, 0.15) is 11.6 Å². The summed E-state index contributed by atoms with van der Waals surface area (Å²) in [6.45, 7) is 0.254. The summed E-state index contributed by atoms with van der Waals surface area (Å²) in [6.07, 6.45) is 0. The van der Waals surface area contributed by atoms with E-state index in [1.54, 1.807) is 0 Å². The molecule has 0 amide bonds. The minimum absolute atomic E-state index is 0.0915. The minimum atomic E-state index is -0.475. The van der Waals surface area contributed by atoms with E-state index in [2.05, 4.69) is 5.32 Å². The summed E-state index contributed by atoms with van der Waals surface area (Å²) >= 11 is 0. The summed E-state index contributed by atoms with van der Waals surface area (Å²) in [5, 5.41) is 3.16. The van der Waals surface area contributed by atoms with E-state index in [1.807, 2.05) is 25.2 Å². The minimum Gasteiger partial charge on any atom is -0.491 e. The van der Waals surface area contributed by atoms with Crippen LogP contribution in [0.5, 0.6) is 11.5 Å². The summed E-state index contributed by atoms with van der Waals surface area (Å²) in [4.78, 5) is 0. The summed E-state index contributed by atoms with van der Waals surface area (Å²) < 4.78 is 22.6. The Kier molecular flexibility index (Phi) is 3.06. The fraction of sp³-hybridized carbons (Fsp3) is 0.455. The molecule has 0 aliphatic carbocycles. The Balaban J connectivity index is 2.14. The molecule has 0 fully saturated rings. The van der Waals surface area contributed by atoms with Crippen LogP contribution >= 0.6 is 0 Å². The number of fused-ring (bicyclic) bond motifs is 1. The molecule has 0 saturated carbocycles. The molecule has 1 aliphatic heterocycles. The summed E-state index contributed by atoms with van der Waals surface area (Å²) in [7, 11) is 1.90. The topological polar surface area (TPSA) is 30.5 Å². The van der Waals surface area contributed by atoms with Gasteiger partial charge in [-0.3, -0.25) is 0 Å². The van der Waals surface area contributed by atoms with Crippen molar-refractivity contribution in [1.29, 1.82) is 0 Å². The van der Waals surface area contributed by atoms with Crippen molar-refractivity contribution >= 4 is 0 Å². The van der Waals surface area contributed by atoms with Gasteiger partial charge in [-0.1, -0.05) is 0 Å². The smallest absolute Gasteiger partial charge is 0.127 e. The van der Waals surface area contributed by atoms with Gasteiger partial charge in [0.1, 0.15) is 31.4 Å². The van der Waals surface area contributed by atoms with Crippen LogP contribution in [-0.4, -0.2) is 26.9 Å². The molecule has 0 bridgehead atoms. The number of alkyl halides is 1. The average Bonchev–Trinajstić information content (AvgIpc) is 2.68. The van der Waals surface area contributed by atoms with E-state index in [0.29, 0.717) is 12.4 Å². The normalized spacial score (nSPS) is 18.4. The van der Waals surface area contributed by atoms with E-state index >= 15 is 0 Å². The number of nitrogens with one attached hydrogen (secondary N) is 1. The van der Waals surface area contributed by atoms with Gasteiger partial charge in [0.2, 0.25) is 0 Å². The number of benzene rings is 1. The highest BCUT2D eigenvalue weighted by Crippen LogP contribution is 2.34. The van der Waals surface area contributed by atoms with Gasteiger partial charge in [-0.05, 0) is 19.2 Å². The maximum Gasteiger partial charge on any atom is 0.127 e. The molecule has 1 aromatic rings. The van der Waals surface area contributed by atoms with Crippen LogP contribution in [0.25, 0.3) is 0 Å². The van der Waals surface area contributed by atoms with Crippen LogP contribution in [0, 0.1) is 0 Å². The van der Waals surface area contributed by atoms with E-state index in [1.165, 1.54) is 0 Å². The van der Waals surface area contributed by atoms with Gasteiger partial charge in [-0.2, -0.15) is 0 Å². The monoisotopic (exact) mass is 211 g/mol. The number of halogens is 1. The lowest BCUT2D eigenvalue weighted by Gasteiger charge is -2.07. The van der Waals surface area contributed by atoms with Gasteiger partial charge in [-0.25, -0.2) is 4.39 Å². The van der Waals surface area contributed by atoms with Crippen LogP contribution in [-0.2, 0) is 0 Å². The fourth-order valence-electron chi connectivity index (χ4n) is 1.68. The molecule has 0 aromatic heterocycles. The SMILES string of the molecule is CNC1COc2cc(OCCF)ccc21. The highest BCUT2D eigenvalue weighted by molar-refractivity contribution is 5.44. The van der Waals surface area contributed by atoms with Gasteiger partial charge in [0.15, 0.2) is 0 Å². The third-order valence-electron chi connectivity index (χ3n) is 2.46. The van der Waals surface area contributed by atoms with Crippen molar-refractivity contribution in [2.75, 3.05) is 26.9 Å². The molecule has 1 N–H and O–H groups in total. The van der Waals surface area contributed by atoms with Crippen molar-refractivity contribution in [3.05, 3.63) is 23.8 Å². The lowest BCUT2D eigenvalue weighted by Crippen LogP contribution is -2.17. The zero-order valence-corrected chi connectivity index (χ0v) is 8.63. The largest absolute Gasteiger partial charge is 0.491 e. The first-order chi connectivity index (χ1) is 7.35. The Bertz CT molecular complexity index is 343. The van der Waals surface area contributed by atoms with Crippen molar-refractivity contribution in [2.24, 2.45) is 0 Å². The van der Waals surface area contributed by atoms with Crippen molar-refractivity contribution < 1.29 is 13.9 Å².